The third kappa shape index (κ3) is 4.90. The summed E-state index contributed by atoms with van der Waals surface area (Å²) in [4.78, 5) is 32.5. The Hall–Kier alpha value is -2.31. The quantitative estimate of drug-likeness (QED) is 0.842. The molecule has 1 aliphatic heterocycles. The fourth-order valence-corrected chi connectivity index (χ4v) is 3.46. The van der Waals surface area contributed by atoms with Crippen LogP contribution in [0.2, 0.25) is 0 Å². The number of hydrogen-bond donors (Lipinski definition) is 1. The van der Waals surface area contributed by atoms with Crippen molar-refractivity contribution in [3.05, 3.63) is 23.5 Å². The molecule has 1 aromatic rings. The Kier molecular flexibility index (Phi) is 6.34. The number of aromatic nitrogens is 1. The zero-order valence-corrected chi connectivity index (χ0v) is 17.2. The van der Waals surface area contributed by atoms with Gasteiger partial charge in [-0.25, -0.2) is 9.59 Å². The number of carbonyl (C=O) groups is 2. The van der Waals surface area contributed by atoms with Gasteiger partial charge in [0, 0.05) is 25.8 Å². The summed E-state index contributed by atoms with van der Waals surface area (Å²) in [6.45, 7) is 13.2. The first kappa shape index (κ1) is 21.0. The summed E-state index contributed by atoms with van der Waals surface area (Å²) >= 11 is 0. The lowest BCUT2D eigenvalue weighted by molar-refractivity contribution is 0.0190. The number of carbonyl (C=O) groups excluding carboxylic acids is 1. The van der Waals surface area contributed by atoms with Gasteiger partial charge in [-0.1, -0.05) is 13.8 Å². The van der Waals surface area contributed by atoms with E-state index in [0.717, 1.165) is 6.42 Å². The van der Waals surface area contributed by atoms with Crippen LogP contribution in [0.1, 0.15) is 69.9 Å². The molecule has 2 rings (SSSR count). The second-order valence-corrected chi connectivity index (χ2v) is 8.21. The van der Waals surface area contributed by atoms with E-state index in [9.17, 15) is 14.7 Å². The van der Waals surface area contributed by atoms with Crippen molar-refractivity contribution < 1.29 is 19.4 Å². The fourth-order valence-electron chi connectivity index (χ4n) is 3.46. The van der Waals surface area contributed by atoms with E-state index >= 15 is 0 Å². The molecule has 27 heavy (non-hydrogen) atoms. The average Bonchev–Trinajstić information content (AvgIpc) is 3.02. The maximum Gasteiger partial charge on any atom is 0.410 e. The zero-order valence-electron chi connectivity index (χ0n) is 17.2. The number of hydrogen-bond acceptors (Lipinski definition) is 5. The average molecular weight is 377 g/mol. The molecular weight excluding hydrogens is 346 g/mol. The van der Waals surface area contributed by atoms with E-state index in [4.69, 9.17) is 4.74 Å². The Labute approximate surface area is 161 Å². The van der Waals surface area contributed by atoms with Crippen LogP contribution in [0.25, 0.3) is 0 Å². The van der Waals surface area contributed by atoms with Gasteiger partial charge in [-0.2, -0.15) is 0 Å². The van der Waals surface area contributed by atoms with Crippen LogP contribution < -0.4 is 4.90 Å². The van der Waals surface area contributed by atoms with Crippen LogP contribution in [0.5, 0.6) is 0 Å². The molecule has 7 heteroatoms. The summed E-state index contributed by atoms with van der Waals surface area (Å²) in [7, 11) is 0. The van der Waals surface area contributed by atoms with Gasteiger partial charge < -0.3 is 19.6 Å². The number of carboxylic acid groups (broad SMARTS) is 1. The number of nitrogens with zero attached hydrogens (tertiary/aromatic N) is 3. The largest absolute Gasteiger partial charge is 0.478 e. The molecule has 0 aromatic carbocycles. The van der Waals surface area contributed by atoms with E-state index in [1.807, 2.05) is 46.4 Å². The van der Waals surface area contributed by atoms with Crippen LogP contribution >= 0.6 is 0 Å². The Morgan fingerprint density at radius 1 is 1.41 bits per heavy atom. The molecule has 0 saturated carbocycles. The van der Waals surface area contributed by atoms with E-state index in [0.29, 0.717) is 31.0 Å². The van der Waals surface area contributed by atoms with Gasteiger partial charge in [0.05, 0.1) is 17.4 Å². The van der Waals surface area contributed by atoms with Crippen molar-refractivity contribution in [2.24, 2.45) is 0 Å². The van der Waals surface area contributed by atoms with Gasteiger partial charge >= 0.3 is 12.1 Å². The molecule has 1 aromatic heterocycles. The Balaban J connectivity index is 2.24. The molecule has 0 bridgehead atoms. The standard InChI is InChI=1S/C20H31N3O4/c1-7-23(19(26)27-20(4,5)6)14-9-11-22(12-14)15-8-10-21-17(13(2)3)16(15)18(24)25/h8,10,13-14H,7,9,11-12H2,1-6H3,(H,24,25)/t14-/m1/s1. The lowest BCUT2D eigenvalue weighted by Crippen LogP contribution is -2.44. The van der Waals surface area contributed by atoms with Crippen molar-refractivity contribution in [3.8, 4) is 0 Å². The highest BCUT2D eigenvalue weighted by Crippen LogP contribution is 2.31. The topological polar surface area (TPSA) is 83.0 Å². The van der Waals surface area contributed by atoms with Gasteiger partial charge in [0.2, 0.25) is 0 Å². The number of rotatable bonds is 5. The van der Waals surface area contributed by atoms with Crippen molar-refractivity contribution in [2.45, 2.75) is 65.5 Å². The molecule has 0 unspecified atom stereocenters. The van der Waals surface area contributed by atoms with Crippen molar-refractivity contribution >= 4 is 17.7 Å². The predicted octanol–water partition coefficient (Wildman–Crippen LogP) is 3.74. The SMILES string of the molecule is CCN(C(=O)OC(C)(C)C)[C@@H]1CCN(c2ccnc(C(C)C)c2C(=O)O)C1. The van der Waals surface area contributed by atoms with Crippen LogP contribution in [0, 0.1) is 0 Å². The number of carboxylic acids is 1. The van der Waals surface area contributed by atoms with E-state index in [1.54, 1.807) is 17.2 Å². The molecule has 1 saturated heterocycles. The second kappa shape index (κ2) is 8.15. The van der Waals surface area contributed by atoms with E-state index < -0.39 is 11.6 Å². The predicted molar refractivity (Wildman–Crippen MR) is 105 cm³/mol. The van der Waals surface area contributed by atoms with Crippen LogP contribution in [-0.2, 0) is 4.74 Å². The molecule has 150 valence electrons. The van der Waals surface area contributed by atoms with Gasteiger partial charge in [-0.15, -0.1) is 0 Å². The Morgan fingerprint density at radius 3 is 2.59 bits per heavy atom. The molecule has 1 atom stereocenters. The maximum atomic E-state index is 12.5. The second-order valence-electron chi connectivity index (χ2n) is 8.21. The molecule has 0 aliphatic carbocycles. The number of amides is 1. The lowest BCUT2D eigenvalue weighted by Gasteiger charge is -2.31. The van der Waals surface area contributed by atoms with Crippen LogP contribution in [-0.4, -0.2) is 58.3 Å². The summed E-state index contributed by atoms with van der Waals surface area (Å²) in [5.74, 6) is -0.951. The lowest BCUT2D eigenvalue weighted by atomic mass is 10.0. The first-order chi connectivity index (χ1) is 12.5. The van der Waals surface area contributed by atoms with Crippen molar-refractivity contribution in [1.29, 1.82) is 0 Å². The zero-order chi connectivity index (χ0) is 20.4. The molecule has 0 radical (unpaired) electrons. The first-order valence-electron chi connectivity index (χ1n) is 9.51. The molecule has 0 spiro atoms. The van der Waals surface area contributed by atoms with Gasteiger partial charge in [0.15, 0.2) is 0 Å². The first-order valence-corrected chi connectivity index (χ1v) is 9.51. The van der Waals surface area contributed by atoms with Crippen LogP contribution in [0.3, 0.4) is 0 Å². The van der Waals surface area contributed by atoms with E-state index in [1.165, 1.54) is 0 Å². The van der Waals surface area contributed by atoms with Crippen molar-refractivity contribution in [2.75, 3.05) is 24.5 Å². The molecule has 1 aliphatic rings. The van der Waals surface area contributed by atoms with Gasteiger partial charge in [0.25, 0.3) is 0 Å². The number of likely N-dealkylation sites (N-methyl/N-ethyl adjacent to an activating group) is 1. The molecule has 7 nitrogen and oxygen atoms in total. The summed E-state index contributed by atoms with van der Waals surface area (Å²) in [6, 6.07) is 1.74. The number of aromatic carboxylic acids is 1. The molecule has 1 amide bonds. The summed E-state index contributed by atoms with van der Waals surface area (Å²) in [5.41, 5.74) is 0.969. The summed E-state index contributed by atoms with van der Waals surface area (Å²) in [6.07, 6.45) is 2.11. The normalized spacial score (nSPS) is 17.3. The summed E-state index contributed by atoms with van der Waals surface area (Å²) < 4.78 is 5.52. The highest BCUT2D eigenvalue weighted by molar-refractivity contribution is 5.96. The van der Waals surface area contributed by atoms with Crippen molar-refractivity contribution in [1.82, 2.24) is 9.88 Å². The van der Waals surface area contributed by atoms with E-state index in [2.05, 4.69) is 4.98 Å². The van der Waals surface area contributed by atoms with Gasteiger partial charge in [0.1, 0.15) is 11.2 Å². The molecular formula is C20H31N3O4. The smallest absolute Gasteiger partial charge is 0.410 e. The third-order valence-electron chi connectivity index (χ3n) is 4.63. The minimum Gasteiger partial charge on any atom is -0.478 e. The molecule has 1 N–H and O–H groups in total. The van der Waals surface area contributed by atoms with E-state index in [-0.39, 0.29) is 23.6 Å². The number of anilines is 1. The molecule has 2 heterocycles. The molecule has 1 fully saturated rings. The Morgan fingerprint density at radius 2 is 2.07 bits per heavy atom. The third-order valence-corrected chi connectivity index (χ3v) is 4.63. The maximum absolute atomic E-state index is 12.5. The number of pyridine rings is 1. The van der Waals surface area contributed by atoms with Crippen molar-refractivity contribution in [3.63, 3.8) is 0 Å². The summed E-state index contributed by atoms with van der Waals surface area (Å²) in [5, 5.41) is 9.74. The van der Waals surface area contributed by atoms with Gasteiger partial charge in [-0.05, 0) is 46.1 Å². The monoisotopic (exact) mass is 377 g/mol. The van der Waals surface area contributed by atoms with Crippen LogP contribution in [0.4, 0.5) is 10.5 Å². The van der Waals surface area contributed by atoms with Gasteiger partial charge in [-0.3, -0.25) is 4.98 Å². The highest BCUT2D eigenvalue weighted by atomic mass is 16.6. The minimum absolute atomic E-state index is 0.0119. The fraction of sp³-hybridized carbons (Fsp3) is 0.650. The minimum atomic E-state index is -0.968. The number of ether oxygens (including phenoxy) is 1. The highest BCUT2D eigenvalue weighted by Gasteiger charge is 2.34. The Bertz CT molecular complexity index is 697. The van der Waals surface area contributed by atoms with Crippen LogP contribution in [0.15, 0.2) is 12.3 Å².